The Hall–Kier alpha value is -4.88. The maximum absolute atomic E-state index is 14.8. The molecule has 2 fully saturated rings. The minimum atomic E-state index is -5.25. The molecule has 2 aliphatic heterocycles. The van der Waals surface area contributed by atoms with E-state index >= 15 is 0 Å². The van der Waals surface area contributed by atoms with Crippen molar-refractivity contribution in [3.05, 3.63) is 70.3 Å². The highest BCUT2D eigenvalue weighted by atomic mass is 32.2. The van der Waals surface area contributed by atoms with Gasteiger partial charge in [-0.3, -0.25) is 19.2 Å². The molecule has 4 aromatic rings. The van der Waals surface area contributed by atoms with Crippen LogP contribution in [-0.4, -0.2) is 127 Å². The lowest BCUT2D eigenvalue weighted by Crippen LogP contribution is -2.47. The van der Waals surface area contributed by atoms with E-state index in [2.05, 4.69) is 50.3 Å². The summed E-state index contributed by atoms with van der Waals surface area (Å²) >= 11 is 0. The van der Waals surface area contributed by atoms with E-state index in [9.17, 15) is 53.4 Å². The number of likely N-dealkylation sites (tertiary alicyclic amines) is 2. The largest absolute Gasteiger partial charge is 0.416 e. The van der Waals surface area contributed by atoms with Crippen LogP contribution in [0.15, 0.2) is 42.5 Å². The van der Waals surface area contributed by atoms with Crippen LogP contribution >= 0.6 is 0 Å². The van der Waals surface area contributed by atoms with Gasteiger partial charge < -0.3 is 20.8 Å². The van der Waals surface area contributed by atoms with E-state index in [-0.39, 0.29) is 59.9 Å². The molecule has 0 amide bonds. The van der Waals surface area contributed by atoms with E-state index in [1.807, 2.05) is 13.8 Å². The number of aliphatic hydroxyl groups is 2. The summed E-state index contributed by atoms with van der Waals surface area (Å²) in [7, 11) is -9.24. The number of halogens is 6. The summed E-state index contributed by atoms with van der Waals surface area (Å²) in [6.07, 6.45) is -6.23. The molecule has 362 valence electrons. The van der Waals surface area contributed by atoms with Crippen LogP contribution in [0.1, 0.15) is 67.3 Å². The van der Waals surface area contributed by atoms with Crippen LogP contribution in [0.2, 0.25) is 0 Å². The first kappa shape index (κ1) is 50.5. The molecule has 4 atom stereocenters. The van der Waals surface area contributed by atoms with E-state index in [0.717, 1.165) is 57.2 Å². The van der Waals surface area contributed by atoms with Crippen molar-refractivity contribution in [1.82, 2.24) is 30.2 Å². The van der Waals surface area contributed by atoms with Gasteiger partial charge >= 0.3 is 12.4 Å². The lowest BCUT2D eigenvalue weighted by molar-refractivity contribution is -0.138. The number of aryl methyl sites for hydroxylation is 2. The van der Waals surface area contributed by atoms with E-state index < -0.39 is 66.2 Å². The Morgan fingerprint density at radius 1 is 0.727 bits per heavy atom. The molecule has 2 unspecified atom stereocenters. The van der Waals surface area contributed by atoms with Crippen molar-refractivity contribution in [2.75, 3.05) is 65.7 Å². The van der Waals surface area contributed by atoms with Crippen LogP contribution in [0.25, 0.3) is 22.5 Å². The van der Waals surface area contributed by atoms with Crippen LogP contribution in [0.3, 0.4) is 0 Å². The molecule has 24 heteroatoms. The van der Waals surface area contributed by atoms with Crippen LogP contribution in [0, 0.1) is 13.8 Å². The number of piperidine rings is 2. The van der Waals surface area contributed by atoms with Gasteiger partial charge in [0.1, 0.15) is 5.82 Å². The Bertz CT molecular complexity index is 2610. The van der Waals surface area contributed by atoms with E-state index in [1.165, 1.54) is 6.07 Å². The third-order valence-electron chi connectivity index (χ3n) is 11.7. The average molecular weight is 973 g/mol. The first-order valence-electron chi connectivity index (χ1n) is 21.2. The van der Waals surface area contributed by atoms with Gasteiger partial charge in [-0.25, -0.2) is 16.8 Å². The number of aliphatic hydroxyl groups excluding tert-OH is 2. The molecular weight excluding hydrogens is 919 g/mol. The molecule has 0 spiro atoms. The fourth-order valence-corrected chi connectivity index (χ4v) is 10.0. The van der Waals surface area contributed by atoms with Gasteiger partial charge in [-0.1, -0.05) is 6.07 Å². The van der Waals surface area contributed by atoms with Gasteiger partial charge in [-0.2, -0.15) is 26.3 Å². The number of nitrogens with zero attached hydrogens (tertiary/aromatic N) is 6. The highest BCUT2D eigenvalue weighted by molar-refractivity contribution is 7.92. The zero-order chi connectivity index (χ0) is 48.4. The minimum Gasteiger partial charge on any atom is -0.395 e. The molecule has 2 saturated heterocycles. The number of nitrogens with one attached hydrogen (secondary N) is 4. The maximum atomic E-state index is 14.8. The highest BCUT2D eigenvalue weighted by Crippen LogP contribution is 2.42. The average Bonchev–Trinajstić information content (AvgIpc) is 3.23. The third-order valence-corrected chi connectivity index (χ3v) is 13.5. The molecule has 6 N–H and O–H groups in total. The third kappa shape index (κ3) is 12.8. The number of rotatable bonds is 16. The first-order chi connectivity index (χ1) is 30.8. The summed E-state index contributed by atoms with van der Waals surface area (Å²) in [5, 5.41) is 42.7. The summed E-state index contributed by atoms with van der Waals surface area (Å²) in [6.45, 7) is 9.76. The van der Waals surface area contributed by atoms with Crippen LogP contribution in [-0.2, 0) is 38.2 Å². The monoisotopic (exact) mass is 972 g/mol. The van der Waals surface area contributed by atoms with Crippen LogP contribution in [0.4, 0.5) is 49.4 Å². The fraction of sp³-hybridized carbons (Fsp3) is 0.524. The molecule has 6 rings (SSSR count). The quantitative estimate of drug-likeness (QED) is 0.0703. The Morgan fingerprint density at radius 2 is 1.33 bits per heavy atom. The molecule has 66 heavy (non-hydrogen) atoms. The number of alkyl halides is 6. The van der Waals surface area contributed by atoms with Gasteiger partial charge in [-0.05, 0) is 120 Å². The second-order valence-corrected chi connectivity index (χ2v) is 20.6. The van der Waals surface area contributed by atoms with Gasteiger partial charge in [0.05, 0.1) is 59.1 Å². The van der Waals surface area contributed by atoms with Crippen molar-refractivity contribution in [1.29, 1.82) is 0 Å². The predicted octanol–water partition coefficient (Wildman–Crippen LogP) is 6.08. The Labute approximate surface area is 379 Å². The molecule has 0 radical (unpaired) electrons. The second kappa shape index (κ2) is 20.1. The Balaban J connectivity index is 1.34. The van der Waals surface area contributed by atoms with Crippen molar-refractivity contribution in [3.8, 4) is 22.5 Å². The molecule has 4 heterocycles. The highest BCUT2D eigenvalue weighted by Gasteiger charge is 2.37. The Morgan fingerprint density at radius 3 is 1.88 bits per heavy atom. The SMILES string of the molecule is Cc1cc(-c2ccc(C(F)(F)F)cc2NS(=O)(=O)Cc2cc(-c3nnc(N[C@@H]4CCCN(C(C)CO)C4)cc3C)c(NS(C)(=O)=O)cc2C(F)(F)F)nnc1N[C@@H]1CCCN(C(C)CO)C1. The number of benzene rings is 2. The van der Waals surface area contributed by atoms with Crippen molar-refractivity contribution >= 4 is 43.1 Å². The van der Waals surface area contributed by atoms with Gasteiger partial charge in [0.15, 0.2) is 5.82 Å². The number of anilines is 4. The number of sulfonamides is 2. The standard InChI is InChI=1S/C42H54F6N10O6S2/c1-24-15-38(49-30-8-6-12-57(19-30)26(3)21-59)52-53-39(24)33-16-28(34(42(46,47)48)18-37(33)55-65(5,61)62)23-66(63,64)56-36-17-29(41(43,44)45)10-11-32(36)35-14-25(2)40(54-51-35)50-31-9-7-13-58(20-31)27(4)22-60/h10-11,14-18,26-27,30-31,55-56,59-60H,6-9,12-13,19-23H2,1-5H3,(H,49,52)(H,50,54)/t26?,27?,30-,31-/m1/s1. The van der Waals surface area contributed by atoms with Crippen molar-refractivity contribution in [2.45, 2.75) is 95.7 Å². The molecule has 2 aromatic heterocycles. The van der Waals surface area contributed by atoms with Crippen molar-refractivity contribution in [2.24, 2.45) is 0 Å². The second-order valence-electron chi connectivity index (χ2n) is 17.1. The van der Waals surface area contributed by atoms with Crippen molar-refractivity contribution in [3.63, 3.8) is 0 Å². The van der Waals surface area contributed by atoms with Crippen LogP contribution in [0.5, 0.6) is 0 Å². The molecular formula is C42H54F6N10O6S2. The maximum Gasteiger partial charge on any atom is 0.416 e. The summed E-state index contributed by atoms with van der Waals surface area (Å²) in [4.78, 5) is 4.23. The zero-order valence-corrected chi connectivity index (χ0v) is 38.6. The van der Waals surface area contributed by atoms with Gasteiger partial charge in [-0.15, -0.1) is 20.4 Å². The number of aromatic nitrogens is 4. The number of hydrogen-bond donors (Lipinski definition) is 6. The van der Waals surface area contributed by atoms with E-state index in [0.29, 0.717) is 54.1 Å². The fourth-order valence-electron chi connectivity index (χ4n) is 8.21. The topological polar surface area (TPSA) is 215 Å². The van der Waals surface area contributed by atoms with Gasteiger partial charge in [0, 0.05) is 48.4 Å². The molecule has 0 bridgehead atoms. The van der Waals surface area contributed by atoms with Gasteiger partial charge in [0.25, 0.3) is 0 Å². The lowest BCUT2D eigenvalue weighted by Gasteiger charge is -2.36. The summed E-state index contributed by atoms with van der Waals surface area (Å²) in [5.41, 5.74) is -4.56. The Kier molecular flexibility index (Phi) is 15.4. The zero-order valence-electron chi connectivity index (χ0n) is 36.9. The molecule has 0 aliphatic carbocycles. The first-order valence-corrected chi connectivity index (χ1v) is 24.7. The normalized spacial score (nSPS) is 19.0. The smallest absolute Gasteiger partial charge is 0.395 e. The van der Waals surface area contributed by atoms with Crippen molar-refractivity contribution < 1.29 is 53.4 Å². The molecule has 0 saturated carbocycles. The molecule has 2 aliphatic rings. The summed E-state index contributed by atoms with van der Waals surface area (Å²) in [6, 6.07) is 6.21. The molecule has 16 nitrogen and oxygen atoms in total. The molecule has 2 aromatic carbocycles. The lowest BCUT2D eigenvalue weighted by atomic mass is 9.98. The van der Waals surface area contributed by atoms with Crippen LogP contribution < -0.4 is 20.1 Å². The summed E-state index contributed by atoms with van der Waals surface area (Å²) < 4.78 is 144. The van der Waals surface area contributed by atoms with E-state index in [1.54, 1.807) is 19.9 Å². The van der Waals surface area contributed by atoms with E-state index in [4.69, 9.17) is 0 Å². The number of hydrogen-bond acceptors (Lipinski definition) is 14. The minimum absolute atomic E-state index is 0.0196. The summed E-state index contributed by atoms with van der Waals surface area (Å²) in [5.74, 6) is -0.750. The van der Waals surface area contributed by atoms with Gasteiger partial charge in [0.2, 0.25) is 20.0 Å². The predicted molar refractivity (Wildman–Crippen MR) is 239 cm³/mol.